The van der Waals surface area contributed by atoms with Crippen molar-refractivity contribution in [2.75, 3.05) is 0 Å². The van der Waals surface area contributed by atoms with Gasteiger partial charge in [-0.1, -0.05) is 43.5 Å². The first-order chi connectivity index (χ1) is 9.74. The van der Waals surface area contributed by atoms with E-state index in [-0.39, 0.29) is 0 Å². The van der Waals surface area contributed by atoms with Crippen LogP contribution in [0.15, 0.2) is 30.3 Å². The maximum absolute atomic E-state index is 11.0. The predicted molar refractivity (Wildman–Crippen MR) is 80.6 cm³/mol. The van der Waals surface area contributed by atoms with Crippen LogP contribution in [0.25, 0.3) is 5.57 Å². The van der Waals surface area contributed by atoms with Crippen molar-refractivity contribution in [2.24, 2.45) is 5.92 Å². The number of carboxylic acid groups (broad SMARTS) is 1. The summed E-state index contributed by atoms with van der Waals surface area (Å²) in [6.07, 6.45) is 10.3. The zero-order valence-corrected chi connectivity index (χ0v) is 11.8. The van der Waals surface area contributed by atoms with Crippen molar-refractivity contribution < 1.29 is 9.90 Å². The number of hydrogen-bond acceptors (Lipinski definition) is 1. The van der Waals surface area contributed by atoms with Gasteiger partial charge >= 0.3 is 5.97 Å². The minimum atomic E-state index is -0.830. The molecule has 0 saturated heterocycles. The van der Waals surface area contributed by atoms with Crippen LogP contribution in [0.2, 0.25) is 0 Å². The molecule has 0 aromatic heterocycles. The highest BCUT2D eigenvalue weighted by Crippen LogP contribution is 2.42. The highest BCUT2D eigenvalue weighted by Gasteiger charge is 2.27. The number of rotatable bonds is 4. The van der Waals surface area contributed by atoms with Gasteiger partial charge in [0.1, 0.15) is 0 Å². The summed E-state index contributed by atoms with van der Waals surface area (Å²) in [7, 11) is 0. The molecule has 106 valence electrons. The molecule has 0 aliphatic heterocycles. The molecule has 1 aromatic rings. The van der Waals surface area contributed by atoms with E-state index in [0.717, 1.165) is 24.0 Å². The second-order valence-corrected chi connectivity index (χ2v) is 6.17. The molecule has 2 aliphatic rings. The summed E-state index contributed by atoms with van der Waals surface area (Å²) >= 11 is 0. The van der Waals surface area contributed by atoms with E-state index in [2.05, 4.69) is 24.3 Å². The molecule has 2 nitrogen and oxygen atoms in total. The van der Waals surface area contributed by atoms with Crippen molar-refractivity contribution in [3.63, 3.8) is 0 Å². The van der Waals surface area contributed by atoms with Crippen LogP contribution in [0.4, 0.5) is 0 Å². The van der Waals surface area contributed by atoms with Crippen molar-refractivity contribution in [3.05, 3.63) is 41.5 Å². The largest absolute Gasteiger partial charge is 0.478 e. The van der Waals surface area contributed by atoms with E-state index in [0.29, 0.717) is 11.8 Å². The summed E-state index contributed by atoms with van der Waals surface area (Å²) in [6, 6.07) is 8.67. The minimum absolute atomic E-state index is 0.464. The van der Waals surface area contributed by atoms with Crippen LogP contribution in [0, 0.1) is 5.92 Å². The van der Waals surface area contributed by atoms with E-state index in [1.165, 1.54) is 43.7 Å². The Morgan fingerprint density at radius 2 is 1.65 bits per heavy atom. The quantitative estimate of drug-likeness (QED) is 0.811. The molecule has 1 N–H and O–H groups in total. The lowest BCUT2D eigenvalue weighted by molar-refractivity contribution is -0.131. The third-order valence-corrected chi connectivity index (χ3v) is 4.62. The first kappa shape index (κ1) is 13.4. The van der Waals surface area contributed by atoms with Gasteiger partial charge in [-0.2, -0.15) is 0 Å². The van der Waals surface area contributed by atoms with Gasteiger partial charge in [0.2, 0.25) is 0 Å². The van der Waals surface area contributed by atoms with E-state index < -0.39 is 5.97 Å². The van der Waals surface area contributed by atoms with Gasteiger partial charge in [0.05, 0.1) is 0 Å². The molecule has 0 spiro atoms. The number of hydrogen-bond donors (Lipinski definition) is 1. The smallest absolute Gasteiger partial charge is 0.328 e. The van der Waals surface area contributed by atoms with Crippen LogP contribution < -0.4 is 0 Å². The lowest BCUT2D eigenvalue weighted by atomic mass is 9.83. The van der Waals surface area contributed by atoms with E-state index in [1.54, 1.807) is 0 Å². The summed E-state index contributed by atoms with van der Waals surface area (Å²) in [5.41, 5.74) is 3.53. The average Bonchev–Trinajstić information content (AvgIpc) is 3.30. The molecule has 3 rings (SSSR count). The maximum Gasteiger partial charge on any atom is 0.328 e. The molecule has 2 saturated carbocycles. The normalized spacial score (nSPS) is 20.9. The highest BCUT2D eigenvalue weighted by atomic mass is 16.4. The Morgan fingerprint density at radius 3 is 2.20 bits per heavy atom. The summed E-state index contributed by atoms with van der Waals surface area (Å²) in [5, 5.41) is 9.00. The fourth-order valence-electron chi connectivity index (χ4n) is 3.35. The number of carbonyl (C=O) groups is 1. The van der Waals surface area contributed by atoms with Crippen LogP contribution in [-0.2, 0) is 4.79 Å². The molecule has 2 heteroatoms. The predicted octanol–water partition coefficient (Wildman–Crippen LogP) is 4.61. The SMILES string of the molecule is O=C(O)/C=C(/c1ccc(C2CCCCC2)cc1)C1CC1. The van der Waals surface area contributed by atoms with Crippen molar-refractivity contribution in [1.29, 1.82) is 0 Å². The van der Waals surface area contributed by atoms with Crippen LogP contribution in [-0.4, -0.2) is 11.1 Å². The second kappa shape index (κ2) is 5.82. The monoisotopic (exact) mass is 270 g/mol. The van der Waals surface area contributed by atoms with Gasteiger partial charge < -0.3 is 5.11 Å². The molecule has 0 heterocycles. The molecular formula is C18H22O2. The lowest BCUT2D eigenvalue weighted by Gasteiger charge is -2.22. The van der Waals surface area contributed by atoms with Gasteiger partial charge in [0.25, 0.3) is 0 Å². The number of carboxylic acids is 1. The fraction of sp³-hybridized carbons (Fsp3) is 0.500. The van der Waals surface area contributed by atoms with Crippen LogP contribution in [0.1, 0.15) is 62.0 Å². The Balaban J connectivity index is 1.79. The summed E-state index contributed by atoms with van der Waals surface area (Å²) in [4.78, 5) is 11.0. The van der Waals surface area contributed by atoms with E-state index in [9.17, 15) is 4.79 Å². The Morgan fingerprint density at radius 1 is 1.00 bits per heavy atom. The third kappa shape index (κ3) is 3.12. The first-order valence-corrected chi connectivity index (χ1v) is 7.79. The lowest BCUT2D eigenvalue weighted by Crippen LogP contribution is -2.04. The van der Waals surface area contributed by atoms with Gasteiger partial charge in [0.15, 0.2) is 0 Å². The van der Waals surface area contributed by atoms with E-state index >= 15 is 0 Å². The first-order valence-electron chi connectivity index (χ1n) is 7.79. The third-order valence-electron chi connectivity index (χ3n) is 4.62. The van der Waals surface area contributed by atoms with Gasteiger partial charge in [-0.05, 0) is 54.2 Å². The molecule has 0 unspecified atom stereocenters. The Labute approximate surface area is 120 Å². The number of aliphatic carboxylic acids is 1. The fourth-order valence-corrected chi connectivity index (χ4v) is 3.35. The zero-order chi connectivity index (χ0) is 13.9. The summed E-state index contributed by atoms with van der Waals surface area (Å²) < 4.78 is 0. The van der Waals surface area contributed by atoms with Crippen molar-refractivity contribution in [2.45, 2.75) is 50.9 Å². The molecule has 20 heavy (non-hydrogen) atoms. The molecule has 0 atom stereocenters. The van der Waals surface area contributed by atoms with Crippen molar-refractivity contribution in [3.8, 4) is 0 Å². The van der Waals surface area contributed by atoms with E-state index in [1.807, 2.05) is 0 Å². The standard InChI is InChI=1S/C18H22O2/c19-18(20)12-17(16-10-11-16)15-8-6-14(7-9-15)13-4-2-1-3-5-13/h6-9,12-13,16H,1-5,10-11H2,(H,19,20)/b17-12-. The number of benzene rings is 1. The van der Waals surface area contributed by atoms with Crippen LogP contribution in [0.3, 0.4) is 0 Å². The van der Waals surface area contributed by atoms with Gasteiger partial charge in [-0.25, -0.2) is 4.79 Å². The van der Waals surface area contributed by atoms with Gasteiger partial charge in [-0.15, -0.1) is 0 Å². The van der Waals surface area contributed by atoms with Crippen molar-refractivity contribution >= 4 is 11.5 Å². The van der Waals surface area contributed by atoms with Gasteiger partial charge in [-0.3, -0.25) is 0 Å². The molecule has 1 aromatic carbocycles. The van der Waals surface area contributed by atoms with Crippen LogP contribution >= 0.6 is 0 Å². The molecule has 0 radical (unpaired) electrons. The van der Waals surface area contributed by atoms with Crippen LogP contribution in [0.5, 0.6) is 0 Å². The highest BCUT2D eigenvalue weighted by molar-refractivity contribution is 5.91. The number of allylic oxidation sites excluding steroid dienone is 1. The molecule has 0 amide bonds. The summed E-state index contributed by atoms with van der Waals surface area (Å²) in [5.74, 6) is 0.348. The van der Waals surface area contributed by atoms with E-state index in [4.69, 9.17) is 5.11 Å². The van der Waals surface area contributed by atoms with Crippen molar-refractivity contribution in [1.82, 2.24) is 0 Å². The topological polar surface area (TPSA) is 37.3 Å². The average molecular weight is 270 g/mol. The molecule has 2 aliphatic carbocycles. The molecular weight excluding hydrogens is 248 g/mol. The Bertz CT molecular complexity index is 503. The molecule has 2 fully saturated rings. The molecule has 0 bridgehead atoms. The maximum atomic E-state index is 11.0. The van der Waals surface area contributed by atoms with Gasteiger partial charge in [0, 0.05) is 6.08 Å². The second-order valence-electron chi connectivity index (χ2n) is 6.17. The zero-order valence-electron chi connectivity index (χ0n) is 11.8. The Hall–Kier alpha value is -1.57. The minimum Gasteiger partial charge on any atom is -0.478 e. The Kier molecular flexibility index (Phi) is 3.90. The summed E-state index contributed by atoms with van der Waals surface area (Å²) in [6.45, 7) is 0.